The summed E-state index contributed by atoms with van der Waals surface area (Å²) in [4.78, 5) is 25.0. The summed E-state index contributed by atoms with van der Waals surface area (Å²) < 4.78 is 31.1. The van der Waals surface area contributed by atoms with Crippen LogP contribution in [0.4, 0.5) is 0 Å². The molecule has 0 amide bonds. The number of hydrogen-bond acceptors (Lipinski definition) is 14. The number of rotatable bonds is 8. The molecular weight excluding hydrogens is 500 g/mol. The first-order chi connectivity index (χ1) is 17.5. The van der Waals surface area contributed by atoms with Crippen LogP contribution in [-0.2, 0) is 14.2 Å². The zero-order valence-electron chi connectivity index (χ0n) is 19.9. The van der Waals surface area contributed by atoms with Crippen molar-refractivity contribution in [3.05, 3.63) is 35.4 Å². The van der Waals surface area contributed by atoms with Crippen molar-refractivity contribution in [3.8, 4) is 34.5 Å². The van der Waals surface area contributed by atoms with Crippen molar-refractivity contribution in [2.24, 2.45) is 0 Å². The van der Waals surface area contributed by atoms with Crippen LogP contribution in [0.2, 0.25) is 0 Å². The molecule has 0 aromatic heterocycles. The Bertz CT molecular complexity index is 1100. The van der Waals surface area contributed by atoms with Gasteiger partial charge in [-0.15, -0.1) is 0 Å². The molecule has 0 radical (unpaired) electrons. The summed E-state index contributed by atoms with van der Waals surface area (Å²) >= 11 is 0. The summed E-state index contributed by atoms with van der Waals surface area (Å²) in [6.07, 6.45) is -8.70. The Morgan fingerprint density at radius 1 is 0.784 bits per heavy atom. The van der Waals surface area contributed by atoms with Gasteiger partial charge in [-0.05, 0) is 24.3 Å². The molecule has 14 heteroatoms. The number of phenols is 3. The molecule has 0 bridgehead atoms. The third kappa shape index (κ3) is 5.72. The van der Waals surface area contributed by atoms with E-state index in [4.69, 9.17) is 28.4 Å². The number of ether oxygens (including phenoxy) is 6. The molecule has 1 aliphatic rings. The zero-order chi connectivity index (χ0) is 27.4. The molecule has 2 aromatic carbocycles. The lowest BCUT2D eigenvalue weighted by Gasteiger charge is -2.39. The van der Waals surface area contributed by atoms with Crippen LogP contribution in [0.3, 0.4) is 0 Å². The molecule has 0 aliphatic carbocycles. The normalized spacial score (nSPS) is 23.1. The van der Waals surface area contributed by atoms with Gasteiger partial charge in [0, 0.05) is 0 Å². The van der Waals surface area contributed by atoms with Crippen molar-refractivity contribution >= 4 is 11.9 Å². The Labute approximate surface area is 209 Å². The maximum absolute atomic E-state index is 12.8. The molecule has 6 N–H and O–H groups in total. The molecule has 5 atom stereocenters. The van der Waals surface area contributed by atoms with Gasteiger partial charge < -0.3 is 59.1 Å². The second-order valence-corrected chi connectivity index (χ2v) is 7.80. The standard InChI is InChI=1S/C23H26O14/c1-32-13-6-10(7-14(33-2)20(13)34-3)22(31)37-23-19(29)18(28)17(27)15(36-23)8-35-21(30)9-4-11(24)16(26)12(25)5-9/h4-7,15,17-19,23-29H,8H2,1-3H3/t15-,17-,18+,19-,23+/m0/s1. The number of carbonyl (C=O) groups excluding carboxylic acids is 2. The molecule has 1 heterocycles. The SMILES string of the molecule is COc1cc(C(=O)O[C@H]2O[C@@H](COC(=O)c3cc(O)c(O)c(O)c3)[C@H](O)[C@@H](O)[C@@H]2O)cc(OC)c1OC. The monoisotopic (exact) mass is 526 g/mol. The number of hydrogen-bond donors (Lipinski definition) is 6. The second-order valence-electron chi connectivity index (χ2n) is 7.80. The van der Waals surface area contributed by atoms with E-state index in [1.54, 1.807) is 0 Å². The summed E-state index contributed by atoms with van der Waals surface area (Å²) in [6, 6.07) is 4.23. The number of phenolic OH excluding ortho intramolecular Hbond substituents is 3. The molecule has 0 saturated carbocycles. The molecule has 1 aliphatic heterocycles. The fourth-order valence-electron chi connectivity index (χ4n) is 3.49. The van der Waals surface area contributed by atoms with Gasteiger partial charge in [0.25, 0.3) is 0 Å². The highest BCUT2D eigenvalue weighted by molar-refractivity contribution is 5.91. The van der Waals surface area contributed by atoms with E-state index < -0.39 is 66.5 Å². The van der Waals surface area contributed by atoms with Crippen LogP contribution in [0.5, 0.6) is 34.5 Å². The first kappa shape index (κ1) is 27.6. The minimum absolute atomic E-state index is 0.0826. The first-order valence-electron chi connectivity index (χ1n) is 10.6. The summed E-state index contributed by atoms with van der Waals surface area (Å²) in [5.74, 6) is -4.00. The van der Waals surface area contributed by atoms with E-state index in [0.29, 0.717) is 0 Å². The molecular formula is C23H26O14. The Hall–Kier alpha value is -3.98. The quantitative estimate of drug-likeness (QED) is 0.192. The average molecular weight is 526 g/mol. The van der Waals surface area contributed by atoms with E-state index in [9.17, 15) is 40.2 Å². The van der Waals surface area contributed by atoms with Crippen LogP contribution in [0, 0.1) is 0 Å². The lowest BCUT2D eigenvalue weighted by Crippen LogP contribution is -2.59. The average Bonchev–Trinajstić information content (AvgIpc) is 2.89. The van der Waals surface area contributed by atoms with Crippen LogP contribution in [0.25, 0.3) is 0 Å². The van der Waals surface area contributed by atoms with E-state index in [0.717, 1.165) is 12.1 Å². The Morgan fingerprint density at radius 3 is 1.84 bits per heavy atom. The Morgan fingerprint density at radius 2 is 1.32 bits per heavy atom. The molecule has 202 valence electrons. The fourth-order valence-corrected chi connectivity index (χ4v) is 3.49. The number of benzene rings is 2. The van der Waals surface area contributed by atoms with Gasteiger partial charge >= 0.3 is 11.9 Å². The predicted molar refractivity (Wildman–Crippen MR) is 120 cm³/mol. The number of methoxy groups -OCH3 is 3. The van der Waals surface area contributed by atoms with Crippen molar-refractivity contribution in [2.45, 2.75) is 30.7 Å². The highest BCUT2D eigenvalue weighted by Gasteiger charge is 2.46. The molecule has 0 spiro atoms. The van der Waals surface area contributed by atoms with Crippen molar-refractivity contribution < 1.29 is 68.6 Å². The van der Waals surface area contributed by atoms with E-state index in [1.165, 1.54) is 33.5 Å². The topological polar surface area (TPSA) is 211 Å². The fraction of sp³-hybridized carbons (Fsp3) is 0.391. The largest absolute Gasteiger partial charge is 0.504 e. The highest BCUT2D eigenvalue weighted by Crippen LogP contribution is 2.39. The molecule has 2 aromatic rings. The van der Waals surface area contributed by atoms with Crippen LogP contribution in [0.15, 0.2) is 24.3 Å². The van der Waals surface area contributed by atoms with Crippen LogP contribution in [-0.4, -0.2) is 101 Å². The maximum Gasteiger partial charge on any atom is 0.340 e. The van der Waals surface area contributed by atoms with Gasteiger partial charge in [0.2, 0.25) is 12.0 Å². The van der Waals surface area contributed by atoms with E-state index in [-0.39, 0.29) is 28.4 Å². The lowest BCUT2D eigenvalue weighted by molar-refractivity contribution is -0.285. The Balaban J connectivity index is 1.73. The number of aliphatic hydroxyl groups is 3. The van der Waals surface area contributed by atoms with Gasteiger partial charge in [-0.2, -0.15) is 0 Å². The minimum Gasteiger partial charge on any atom is -0.504 e. The van der Waals surface area contributed by atoms with Crippen molar-refractivity contribution in [2.75, 3.05) is 27.9 Å². The Kier molecular flexibility index (Phi) is 8.49. The maximum atomic E-state index is 12.8. The lowest BCUT2D eigenvalue weighted by atomic mass is 9.99. The van der Waals surface area contributed by atoms with Crippen LogP contribution in [0.1, 0.15) is 20.7 Å². The molecule has 37 heavy (non-hydrogen) atoms. The van der Waals surface area contributed by atoms with E-state index in [1.807, 2.05) is 0 Å². The predicted octanol–water partition coefficient (Wildman–Crippen LogP) is -0.349. The van der Waals surface area contributed by atoms with Crippen molar-refractivity contribution in [1.82, 2.24) is 0 Å². The third-order valence-electron chi connectivity index (χ3n) is 5.48. The zero-order valence-corrected chi connectivity index (χ0v) is 19.9. The summed E-state index contributed by atoms with van der Waals surface area (Å²) in [6.45, 7) is -0.690. The molecule has 14 nitrogen and oxygen atoms in total. The number of aromatic hydroxyl groups is 3. The van der Waals surface area contributed by atoms with Gasteiger partial charge in [0.1, 0.15) is 31.0 Å². The number of esters is 2. The highest BCUT2D eigenvalue weighted by atomic mass is 16.7. The summed E-state index contributed by atoms with van der Waals surface area (Å²) in [5.41, 5.74) is -0.426. The molecule has 3 rings (SSSR count). The van der Waals surface area contributed by atoms with E-state index in [2.05, 4.69) is 0 Å². The minimum atomic E-state index is -1.86. The van der Waals surface area contributed by atoms with E-state index >= 15 is 0 Å². The van der Waals surface area contributed by atoms with Crippen molar-refractivity contribution in [3.63, 3.8) is 0 Å². The van der Waals surface area contributed by atoms with Gasteiger partial charge in [-0.1, -0.05) is 0 Å². The molecule has 0 unspecified atom stereocenters. The second kappa shape index (κ2) is 11.4. The van der Waals surface area contributed by atoms with Crippen LogP contribution < -0.4 is 14.2 Å². The smallest absolute Gasteiger partial charge is 0.340 e. The molecule has 1 saturated heterocycles. The summed E-state index contributed by atoms with van der Waals surface area (Å²) in [5, 5.41) is 59.2. The van der Waals surface area contributed by atoms with Crippen LogP contribution >= 0.6 is 0 Å². The first-order valence-corrected chi connectivity index (χ1v) is 10.6. The van der Waals surface area contributed by atoms with Gasteiger partial charge in [-0.25, -0.2) is 9.59 Å². The van der Waals surface area contributed by atoms with Crippen molar-refractivity contribution in [1.29, 1.82) is 0 Å². The van der Waals surface area contributed by atoms with Gasteiger partial charge in [0.15, 0.2) is 28.7 Å². The number of aliphatic hydroxyl groups excluding tert-OH is 3. The number of carbonyl (C=O) groups is 2. The third-order valence-corrected chi connectivity index (χ3v) is 5.48. The molecule has 1 fully saturated rings. The summed E-state index contributed by atoms with van der Waals surface area (Å²) in [7, 11) is 4.05. The van der Waals surface area contributed by atoms with Gasteiger partial charge in [-0.3, -0.25) is 0 Å². The van der Waals surface area contributed by atoms with Gasteiger partial charge in [0.05, 0.1) is 32.5 Å².